The third kappa shape index (κ3) is 2.49. The largest absolute Gasteiger partial charge is 0.463 e. The van der Waals surface area contributed by atoms with Crippen molar-refractivity contribution in [2.45, 2.75) is 27.2 Å². The summed E-state index contributed by atoms with van der Waals surface area (Å²) in [6.07, 6.45) is 0.982. The molecule has 0 bridgehead atoms. The van der Waals surface area contributed by atoms with Gasteiger partial charge in [-0.25, -0.2) is 9.97 Å². The Morgan fingerprint density at radius 1 is 1.25 bits per heavy atom. The number of hydrogen-bond donors (Lipinski definition) is 0. The van der Waals surface area contributed by atoms with Crippen molar-refractivity contribution in [3.05, 3.63) is 17.5 Å². The maximum Gasteiger partial charge on any atom is 0.316 e. The van der Waals surface area contributed by atoms with Crippen LogP contribution in [0.25, 0.3) is 0 Å². The Morgan fingerprint density at radius 3 is 2.33 bits per heavy atom. The van der Waals surface area contributed by atoms with Gasteiger partial charge in [0, 0.05) is 11.4 Å². The topological polar surface area (TPSA) is 35.0 Å². The Balaban J connectivity index is 2.72. The Bertz CT molecular complexity index is 240. The molecule has 0 N–H and O–H groups in total. The van der Waals surface area contributed by atoms with Gasteiger partial charge in [0.15, 0.2) is 0 Å². The van der Waals surface area contributed by atoms with E-state index in [9.17, 15) is 0 Å². The smallest absolute Gasteiger partial charge is 0.316 e. The molecule has 66 valence electrons. The average Bonchev–Trinajstić information content (AvgIpc) is 1.99. The highest BCUT2D eigenvalue weighted by atomic mass is 16.5. The second kappa shape index (κ2) is 4.04. The minimum atomic E-state index is 0.495. The van der Waals surface area contributed by atoms with E-state index < -0.39 is 0 Å². The summed E-state index contributed by atoms with van der Waals surface area (Å²) in [7, 11) is 0. The molecule has 0 saturated carbocycles. The Labute approximate surface area is 72.8 Å². The molecule has 0 aromatic carbocycles. The van der Waals surface area contributed by atoms with Gasteiger partial charge in [-0.3, -0.25) is 0 Å². The normalized spacial score (nSPS) is 9.92. The van der Waals surface area contributed by atoms with Crippen molar-refractivity contribution in [1.29, 1.82) is 0 Å². The first-order valence-corrected chi connectivity index (χ1v) is 4.17. The molecule has 0 saturated heterocycles. The van der Waals surface area contributed by atoms with E-state index in [-0.39, 0.29) is 0 Å². The van der Waals surface area contributed by atoms with Crippen molar-refractivity contribution in [2.24, 2.45) is 0 Å². The fraction of sp³-hybridized carbons (Fsp3) is 0.556. The van der Waals surface area contributed by atoms with Crippen LogP contribution in [0.2, 0.25) is 0 Å². The third-order valence-electron chi connectivity index (χ3n) is 1.40. The highest BCUT2D eigenvalue weighted by Gasteiger charge is 1.98. The van der Waals surface area contributed by atoms with E-state index in [0.29, 0.717) is 12.6 Å². The quantitative estimate of drug-likeness (QED) is 0.687. The van der Waals surface area contributed by atoms with E-state index in [4.69, 9.17) is 4.74 Å². The summed E-state index contributed by atoms with van der Waals surface area (Å²) in [6, 6.07) is 2.42. The van der Waals surface area contributed by atoms with Crippen LogP contribution in [0, 0.1) is 13.8 Å². The standard InChI is InChI=1S/C9H14N2O/c1-4-5-12-9-10-7(2)6-8(3)11-9/h6H,4-5H2,1-3H3. The number of rotatable bonds is 3. The van der Waals surface area contributed by atoms with Crippen molar-refractivity contribution in [3.63, 3.8) is 0 Å². The predicted octanol–water partition coefficient (Wildman–Crippen LogP) is 1.88. The SMILES string of the molecule is CCCOc1nc(C)cc(C)n1. The molecule has 1 aromatic heterocycles. The first kappa shape index (κ1) is 8.97. The lowest BCUT2D eigenvalue weighted by Gasteiger charge is -2.03. The lowest BCUT2D eigenvalue weighted by molar-refractivity contribution is 0.291. The van der Waals surface area contributed by atoms with Crippen LogP contribution in [0.1, 0.15) is 24.7 Å². The summed E-state index contributed by atoms with van der Waals surface area (Å²) >= 11 is 0. The summed E-state index contributed by atoms with van der Waals surface area (Å²) in [5, 5.41) is 0. The average molecular weight is 166 g/mol. The van der Waals surface area contributed by atoms with E-state index in [1.807, 2.05) is 19.9 Å². The van der Waals surface area contributed by atoms with E-state index in [2.05, 4.69) is 16.9 Å². The van der Waals surface area contributed by atoms with E-state index in [0.717, 1.165) is 17.8 Å². The van der Waals surface area contributed by atoms with Crippen LogP contribution >= 0.6 is 0 Å². The van der Waals surface area contributed by atoms with Gasteiger partial charge in [-0.15, -0.1) is 0 Å². The highest BCUT2D eigenvalue weighted by Crippen LogP contribution is 2.05. The Hall–Kier alpha value is -1.12. The highest BCUT2D eigenvalue weighted by molar-refractivity contribution is 5.10. The van der Waals surface area contributed by atoms with Crippen molar-refractivity contribution in [3.8, 4) is 6.01 Å². The number of ether oxygens (including phenoxy) is 1. The van der Waals surface area contributed by atoms with Crippen LogP contribution in [0.4, 0.5) is 0 Å². The van der Waals surface area contributed by atoms with Gasteiger partial charge in [0.05, 0.1) is 6.61 Å². The number of aromatic nitrogens is 2. The lowest BCUT2D eigenvalue weighted by Crippen LogP contribution is -2.01. The zero-order valence-corrected chi connectivity index (χ0v) is 7.79. The molecule has 0 atom stereocenters. The second-order valence-electron chi connectivity index (χ2n) is 2.78. The van der Waals surface area contributed by atoms with Gasteiger partial charge in [-0.2, -0.15) is 0 Å². The number of nitrogens with zero attached hydrogens (tertiary/aromatic N) is 2. The van der Waals surface area contributed by atoms with Gasteiger partial charge >= 0.3 is 6.01 Å². The van der Waals surface area contributed by atoms with Gasteiger partial charge in [0.1, 0.15) is 0 Å². The zero-order valence-electron chi connectivity index (χ0n) is 7.79. The molecule has 1 heterocycles. The summed E-state index contributed by atoms with van der Waals surface area (Å²) in [4.78, 5) is 8.28. The van der Waals surface area contributed by atoms with Crippen LogP contribution in [-0.4, -0.2) is 16.6 Å². The fourth-order valence-corrected chi connectivity index (χ4v) is 0.951. The minimum Gasteiger partial charge on any atom is -0.463 e. The molecule has 12 heavy (non-hydrogen) atoms. The van der Waals surface area contributed by atoms with Crippen LogP contribution < -0.4 is 4.74 Å². The van der Waals surface area contributed by atoms with Crippen LogP contribution in [-0.2, 0) is 0 Å². The lowest BCUT2D eigenvalue weighted by atomic mass is 10.4. The van der Waals surface area contributed by atoms with Crippen LogP contribution in [0.15, 0.2) is 6.07 Å². The Kier molecular flexibility index (Phi) is 3.02. The molecule has 0 aliphatic rings. The summed E-state index contributed by atoms with van der Waals surface area (Å²) in [5.74, 6) is 0. The molecule has 0 spiro atoms. The zero-order chi connectivity index (χ0) is 8.97. The molecule has 3 nitrogen and oxygen atoms in total. The molecule has 0 radical (unpaired) electrons. The van der Waals surface area contributed by atoms with Crippen molar-refractivity contribution < 1.29 is 4.74 Å². The molecule has 1 aromatic rings. The van der Waals surface area contributed by atoms with Crippen molar-refractivity contribution in [2.75, 3.05) is 6.61 Å². The van der Waals surface area contributed by atoms with Crippen LogP contribution in [0.3, 0.4) is 0 Å². The maximum absolute atomic E-state index is 5.29. The Morgan fingerprint density at radius 2 is 1.83 bits per heavy atom. The van der Waals surface area contributed by atoms with Gasteiger partial charge < -0.3 is 4.74 Å². The minimum absolute atomic E-state index is 0.495. The summed E-state index contributed by atoms with van der Waals surface area (Å²) in [6.45, 7) is 6.62. The van der Waals surface area contributed by atoms with Crippen molar-refractivity contribution in [1.82, 2.24) is 9.97 Å². The number of aryl methyl sites for hydroxylation is 2. The molecular weight excluding hydrogens is 152 g/mol. The van der Waals surface area contributed by atoms with Gasteiger partial charge in [0.25, 0.3) is 0 Å². The molecular formula is C9H14N2O. The summed E-state index contributed by atoms with van der Waals surface area (Å²) in [5.41, 5.74) is 1.90. The van der Waals surface area contributed by atoms with Gasteiger partial charge in [-0.05, 0) is 26.3 Å². The molecule has 0 amide bonds. The first-order chi connectivity index (χ1) is 5.72. The maximum atomic E-state index is 5.29. The van der Waals surface area contributed by atoms with Crippen molar-refractivity contribution >= 4 is 0 Å². The summed E-state index contributed by atoms with van der Waals surface area (Å²) < 4.78 is 5.29. The van der Waals surface area contributed by atoms with Gasteiger partial charge in [-0.1, -0.05) is 6.92 Å². The second-order valence-corrected chi connectivity index (χ2v) is 2.78. The third-order valence-corrected chi connectivity index (χ3v) is 1.40. The van der Waals surface area contributed by atoms with E-state index >= 15 is 0 Å². The molecule has 3 heteroatoms. The van der Waals surface area contributed by atoms with Gasteiger partial charge in [0.2, 0.25) is 0 Å². The monoisotopic (exact) mass is 166 g/mol. The number of hydrogen-bond acceptors (Lipinski definition) is 3. The molecule has 1 rings (SSSR count). The predicted molar refractivity (Wildman–Crippen MR) is 47.3 cm³/mol. The molecule has 0 unspecified atom stereocenters. The molecule has 0 aliphatic carbocycles. The molecule has 0 aliphatic heterocycles. The van der Waals surface area contributed by atoms with Crippen LogP contribution in [0.5, 0.6) is 6.01 Å². The van der Waals surface area contributed by atoms with E-state index in [1.165, 1.54) is 0 Å². The fourth-order valence-electron chi connectivity index (χ4n) is 0.951. The molecule has 0 fully saturated rings. The first-order valence-electron chi connectivity index (χ1n) is 4.17. The van der Waals surface area contributed by atoms with E-state index in [1.54, 1.807) is 0 Å².